The van der Waals surface area contributed by atoms with E-state index in [4.69, 9.17) is 9.47 Å². The molecule has 0 amide bonds. The van der Waals surface area contributed by atoms with E-state index in [1.165, 1.54) is 17.5 Å². The molecule has 2 aromatic carbocycles. The Bertz CT molecular complexity index is 864. The Morgan fingerprint density at radius 2 is 1.79 bits per heavy atom. The minimum absolute atomic E-state index is 0.104. The molecule has 0 saturated carbocycles. The van der Waals surface area contributed by atoms with E-state index in [9.17, 15) is 8.42 Å². The molecule has 28 heavy (non-hydrogen) atoms. The molecule has 0 aliphatic carbocycles. The molecule has 152 valence electrons. The van der Waals surface area contributed by atoms with Crippen molar-refractivity contribution in [1.29, 1.82) is 0 Å². The van der Waals surface area contributed by atoms with Crippen LogP contribution >= 0.6 is 0 Å². The van der Waals surface area contributed by atoms with Crippen molar-refractivity contribution >= 4 is 15.5 Å². The van der Waals surface area contributed by atoms with Gasteiger partial charge in [0.05, 0.1) is 18.1 Å². The number of anilines is 1. The standard InChI is InChI=1S/C21H28N2O4S/c1-22(2)18-6-4-17(5-7-18)14-23-12-13-26-16-20(15-23)27-19-8-10-21(11-9-19)28(3,24)25/h4-11,20H,12-16H2,1-3H3/t20-/m1/s1. The molecule has 3 rings (SSSR count). The van der Waals surface area contributed by atoms with Crippen molar-refractivity contribution in [2.24, 2.45) is 0 Å². The first-order valence-electron chi connectivity index (χ1n) is 9.34. The van der Waals surface area contributed by atoms with Crippen molar-refractivity contribution in [2.75, 3.05) is 51.6 Å². The van der Waals surface area contributed by atoms with Crippen molar-refractivity contribution in [3.63, 3.8) is 0 Å². The molecular formula is C21H28N2O4S. The SMILES string of the molecule is CN(C)c1ccc(CN2CCOC[C@H](Oc3ccc(S(C)(=O)=O)cc3)C2)cc1. The van der Waals surface area contributed by atoms with E-state index in [2.05, 4.69) is 34.1 Å². The van der Waals surface area contributed by atoms with E-state index in [1.54, 1.807) is 24.3 Å². The summed E-state index contributed by atoms with van der Waals surface area (Å²) in [6, 6.07) is 15.1. The molecule has 1 fully saturated rings. The smallest absolute Gasteiger partial charge is 0.175 e. The number of nitrogens with zero attached hydrogens (tertiary/aromatic N) is 2. The maximum atomic E-state index is 11.6. The van der Waals surface area contributed by atoms with Crippen LogP contribution in [0.5, 0.6) is 5.75 Å². The predicted molar refractivity (Wildman–Crippen MR) is 111 cm³/mol. The fourth-order valence-corrected chi connectivity index (χ4v) is 3.80. The van der Waals surface area contributed by atoms with Gasteiger partial charge in [0.25, 0.3) is 0 Å². The van der Waals surface area contributed by atoms with Gasteiger partial charge in [0.15, 0.2) is 9.84 Å². The molecule has 0 radical (unpaired) electrons. The van der Waals surface area contributed by atoms with Gasteiger partial charge in [-0.15, -0.1) is 0 Å². The van der Waals surface area contributed by atoms with Crippen LogP contribution in [0.4, 0.5) is 5.69 Å². The zero-order chi connectivity index (χ0) is 20.1. The lowest BCUT2D eigenvalue weighted by Crippen LogP contribution is -2.35. The molecule has 0 N–H and O–H groups in total. The minimum Gasteiger partial charge on any atom is -0.487 e. The molecule has 0 bridgehead atoms. The molecule has 6 nitrogen and oxygen atoms in total. The Morgan fingerprint density at radius 3 is 2.39 bits per heavy atom. The van der Waals surface area contributed by atoms with Crippen molar-refractivity contribution in [1.82, 2.24) is 4.90 Å². The topological polar surface area (TPSA) is 59.1 Å². The zero-order valence-corrected chi connectivity index (χ0v) is 17.5. The maximum Gasteiger partial charge on any atom is 0.175 e. The molecule has 0 spiro atoms. The second kappa shape index (κ2) is 8.94. The Kier molecular flexibility index (Phi) is 6.59. The Balaban J connectivity index is 1.61. The summed E-state index contributed by atoms with van der Waals surface area (Å²) in [5.41, 5.74) is 2.44. The molecule has 1 aliphatic heterocycles. The quantitative estimate of drug-likeness (QED) is 0.737. The summed E-state index contributed by atoms with van der Waals surface area (Å²) in [6.07, 6.45) is 1.10. The molecule has 7 heteroatoms. The Hall–Kier alpha value is -2.09. The van der Waals surface area contributed by atoms with Crippen LogP contribution in [0.15, 0.2) is 53.4 Å². The summed E-state index contributed by atoms with van der Waals surface area (Å²) in [5.74, 6) is 0.651. The predicted octanol–water partition coefficient (Wildman–Crippen LogP) is 2.44. The van der Waals surface area contributed by atoms with Gasteiger partial charge in [-0.3, -0.25) is 4.90 Å². The summed E-state index contributed by atoms with van der Waals surface area (Å²) in [4.78, 5) is 4.70. The molecule has 0 aromatic heterocycles. The van der Waals surface area contributed by atoms with Gasteiger partial charge in [-0.25, -0.2) is 8.42 Å². The second-order valence-electron chi connectivity index (χ2n) is 7.35. The first-order chi connectivity index (χ1) is 13.3. The van der Waals surface area contributed by atoms with E-state index in [0.29, 0.717) is 23.9 Å². The number of hydrogen-bond donors (Lipinski definition) is 0. The van der Waals surface area contributed by atoms with E-state index >= 15 is 0 Å². The van der Waals surface area contributed by atoms with Crippen LogP contribution in [-0.4, -0.2) is 66.1 Å². The van der Waals surface area contributed by atoms with Crippen LogP contribution in [0.25, 0.3) is 0 Å². The van der Waals surface area contributed by atoms with Crippen molar-refractivity contribution in [3.8, 4) is 5.75 Å². The summed E-state index contributed by atoms with van der Waals surface area (Å²) in [5, 5.41) is 0. The number of ether oxygens (including phenoxy) is 2. The van der Waals surface area contributed by atoms with Crippen molar-refractivity contribution < 1.29 is 17.9 Å². The van der Waals surface area contributed by atoms with E-state index in [-0.39, 0.29) is 6.10 Å². The normalized spacial score (nSPS) is 18.5. The van der Waals surface area contributed by atoms with Crippen LogP contribution in [0.3, 0.4) is 0 Å². The van der Waals surface area contributed by atoms with Gasteiger partial charge >= 0.3 is 0 Å². The molecule has 1 heterocycles. The number of benzene rings is 2. The molecular weight excluding hydrogens is 376 g/mol. The molecule has 1 saturated heterocycles. The van der Waals surface area contributed by atoms with Gasteiger partial charge in [-0.1, -0.05) is 12.1 Å². The highest BCUT2D eigenvalue weighted by Crippen LogP contribution is 2.19. The molecule has 1 atom stereocenters. The van der Waals surface area contributed by atoms with E-state index < -0.39 is 9.84 Å². The van der Waals surface area contributed by atoms with E-state index in [1.807, 2.05) is 14.1 Å². The van der Waals surface area contributed by atoms with Crippen molar-refractivity contribution in [2.45, 2.75) is 17.5 Å². The number of sulfone groups is 1. The van der Waals surface area contributed by atoms with Gasteiger partial charge in [-0.2, -0.15) is 0 Å². The fourth-order valence-electron chi connectivity index (χ4n) is 3.17. The van der Waals surface area contributed by atoms with E-state index in [0.717, 1.165) is 19.6 Å². The number of hydrogen-bond acceptors (Lipinski definition) is 6. The van der Waals surface area contributed by atoms with Crippen LogP contribution in [0, 0.1) is 0 Å². The average molecular weight is 405 g/mol. The van der Waals surface area contributed by atoms with Gasteiger partial charge in [0.2, 0.25) is 0 Å². The lowest BCUT2D eigenvalue weighted by atomic mass is 10.2. The zero-order valence-electron chi connectivity index (χ0n) is 16.7. The fraction of sp³-hybridized carbons (Fsp3) is 0.429. The van der Waals surface area contributed by atoms with Crippen LogP contribution in [0.2, 0.25) is 0 Å². The van der Waals surface area contributed by atoms with Crippen molar-refractivity contribution in [3.05, 3.63) is 54.1 Å². The third-order valence-corrected chi connectivity index (χ3v) is 5.86. The average Bonchev–Trinajstić information content (AvgIpc) is 2.87. The molecule has 0 unspecified atom stereocenters. The lowest BCUT2D eigenvalue weighted by molar-refractivity contribution is 0.0710. The lowest BCUT2D eigenvalue weighted by Gasteiger charge is -2.24. The molecule has 2 aromatic rings. The highest BCUT2D eigenvalue weighted by atomic mass is 32.2. The summed E-state index contributed by atoms with van der Waals surface area (Å²) in [6.45, 7) is 3.63. The number of rotatable bonds is 6. The highest BCUT2D eigenvalue weighted by Gasteiger charge is 2.20. The Morgan fingerprint density at radius 1 is 1.11 bits per heavy atom. The van der Waals surface area contributed by atoms with Crippen LogP contribution in [-0.2, 0) is 21.1 Å². The monoisotopic (exact) mass is 404 g/mol. The maximum absolute atomic E-state index is 11.6. The van der Waals surface area contributed by atoms with Crippen LogP contribution in [0.1, 0.15) is 5.56 Å². The second-order valence-corrected chi connectivity index (χ2v) is 9.37. The largest absolute Gasteiger partial charge is 0.487 e. The molecule has 1 aliphatic rings. The minimum atomic E-state index is -3.20. The summed E-state index contributed by atoms with van der Waals surface area (Å²) in [7, 11) is 0.865. The van der Waals surface area contributed by atoms with Crippen LogP contribution < -0.4 is 9.64 Å². The van der Waals surface area contributed by atoms with Gasteiger partial charge in [-0.05, 0) is 42.0 Å². The summed E-state index contributed by atoms with van der Waals surface area (Å²) < 4.78 is 34.9. The summed E-state index contributed by atoms with van der Waals surface area (Å²) >= 11 is 0. The Labute approximate surface area is 167 Å². The third-order valence-electron chi connectivity index (χ3n) is 4.73. The van der Waals surface area contributed by atoms with Gasteiger partial charge in [0.1, 0.15) is 11.9 Å². The first-order valence-corrected chi connectivity index (χ1v) is 11.2. The van der Waals surface area contributed by atoms with Gasteiger partial charge < -0.3 is 14.4 Å². The first kappa shape index (κ1) is 20.6. The van der Waals surface area contributed by atoms with Gasteiger partial charge in [0, 0.05) is 45.7 Å². The third kappa shape index (κ3) is 5.70. The highest BCUT2D eigenvalue weighted by molar-refractivity contribution is 7.90.